The molecule has 0 saturated carbocycles. The lowest BCUT2D eigenvalue weighted by atomic mass is 10.2. The number of benzene rings is 1. The van der Waals surface area contributed by atoms with Crippen LogP contribution >= 0.6 is 0 Å². The molecule has 0 unspecified atom stereocenters. The smallest absolute Gasteiger partial charge is 0.353 e. The van der Waals surface area contributed by atoms with E-state index in [2.05, 4.69) is 14.9 Å². The van der Waals surface area contributed by atoms with Crippen LogP contribution in [0.1, 0.15) is 0 Å². The first-order chi connectivity index (χ1) is 12.0. The summed E-state index contributed by atoms with van der Waals surface area (Å²) in [6.07, 6.45) is 1.35. The molecule has 9 heteroatoms. The fraction of sp³-hybridized carbons (Fsp3) is 0.375. The third-order valence-electron chi connectivity index (χ3n) is 4.16. The van der Waals surface area contributed by atoms with Crippen LogP contribution in [0.25, 0.3) is 0 Å². The van der Waals surface area contributed by atoms with Crippen LogP contribution in [0.15, 0.2) is 30.6 Å². The Bertz CT molecular complexity index is 760. The highest BCUT2D eigenvalue weighted by atomic mass is 19.1. The van der Waals surface area contributed by atoms with Crippen LogP contribution in [-0.2, 0) is 0 Å². The Morgan fingerprint density at radius 2 is 1.68 bits per heavy atom. The quantitative estimate of drug-likeness (QED) is 0.618. The molecule has 0 atom stereocenters. The van der Waals surface area contributed by atoms with Crippen molar-refractivity contribution in [3.8, 4) is 0 Å². The second-order valence-electron chi connectivity index (χ2n) is 5.97. The topological polar surface area (TPSA) is 78.6 Å². The van der Waals surface area contributed by atoms with Crippen LogP contribution in [0.2, 0.25) is 0 Å². The predicted molar refractivity (Wildman–Crippen MR) is 93.8 cm³/mol. The molecule has 0 bridgehead atoms. The Morgan fingerprint density at radius 3 is 2.24 bits per heavy atom. The van der Waals surface area contributed by atoms with Crippen molar-refractivity contribution in [1.29, 1.82) is 0 Å². The molecule has 0 amide bonds. The number of hydrogen-bond acceptors (Lipinski definition) is 7. The van der Waals surface area contributed by atoms with Gasteiger partial charge in [0.2, 0.25) is 11.6 Å². The van der Waals surface area contributed by atoms with E-state index in [-0.39, 0.29) is 17.3 Å². The van der Waals surface area contributed by atoms with Crippen LogP contribution < -0.4 is 14.7 Å². The highest BCUT2D eigenvalue weighted by molar-refractivity contribution is 5.71. The van der Waals surface area contributed by atoms with Crippen molar-refractivity contribution in [2.45, 2.75) is 0 Å². The summed E-state index contributed by atoms with van der Waals surface area (Å²) < 4.78 is 13.1. The summed E-state index contributed by atoms with van der Waals surface area (Å²) in [6.45, 7) is 2.51. The van der Waals surface area contributed by atoms with E-state index in [1.165, 1.54) is 18.5 Å². The lowest BCUT2D eigenvalue weighted by Gasteiger charge is -2.36. The molecule has 1 fully saturated rings. The molecule has 0 aliphatic carbocycles. The minimum atomic E-state index is -0.434. The summed E-state index contributed by atoms with van der Waals surface area (Å²) in [5.41, 5.74) is 0.856. The zero-order valence-corrected chi connectivity index (χ0v) is 14.1. The van der Waals surface area contributed by atoms with Gasteiger partial charge >= 0.3 is 5.69 Å². The summed E-state index contributed by atoms with van der Waals surface area (Å²) in [5.74, 6) is 0.355. The summed E-state index contributed by atoms with van der Waals surface area (Å²) in [6, 6.07) is 6.34. The Kier molecular flexibility index (Phi) is 4.64. The van der Waals surface area contributed by atoms with E-state index in [9.17, 15) is 14.5 Å². The fourth-order valence-electron chi connectivity index (χ4n) is 2.91. The molecule has 25 heavy (non-hydrogen) atoms. The van der Waals surface area contributed by atoms with Gasteiger partial charge in [0, 0.05) is 46.0 Å². The van der Waals surface area contributed by atoms with Gasteiger partial charge in [-0.1, -0.05) is 0 Å². The van der Waals surface area contributed by atoms with Crippen LogP contribution in [0.4, 0.5) is 27.4 Å². The molecule has 2 heterocycles. The SMILES string of the molecule is CN(C)c1ncnc(N2CCN(c3ccc(F)cc3)CC2)c1[N+](=O)[O-]. The second-order valence-corrected chi connectivity index (χ2v) is 5.97. The van der Waals surface area contributed by atoms with Gasteiger partial charge in [0.05, 0.1) is 4.92 Å². The molecule has 132 valence electrons. The minimum Gasteiger partial charge on any atom is -0.368 e. The first kappa shape index (κ1) is 16.9. The van der Waals surface area contributed by atoms with E-state index in [4.69, 9.17) is 0 Å². The van der Waals surface area contributed by atoms with Crippen LogP contribution in [0.3, 0.4) is 0 Å². The van der Waals surface area contributed by atoms with Crippen molar-refractivity contribution in [1.82, 2.24) is 9.97 Å². The van der Waals surface area contributed by atoms with E-state index >= 15 is 0 Å². The Labute approximate surface area is 144 Å². The van der Waals surface area contributed by atoms with Gasteiger partial charge in [0.15, 0.2) is 0 Å². The van der Waals surface area contributed by atoms with E-state index < -0.39 is 4.92 Å². The van der Waals surface area contributed by atoms with Gasteiger partial charge in [0.25, 0.3) is 0 Å². The van der Waals surface area contributed by atoms with Gasteiger partial charge in [-0.25, -0.2) is 14.4 Å². The van der Waals surface area contributed by atoms with Gasteiger partial charge in [-0.15, -0.1) is 0 Å². The van der Waals surface area contributed by atoms with Crippen LogP contribution in [0, 0.1) is 15.9 Å². The maximum Gasteiger partial charge on any atom is 0.353 e. The van der Waals surface area contributed by atoms with Crippen molar-refractivity contribution in [3.63, 3.8) is 0 Å². The molecule has 0 N–H and O–H groups in total. The number of piperazine rings is 1. The largest absolute Gasteiger partial charge is 0.368 e. The normalized spacial score (nSPS) is 14.5. The third kappa shape index (κ3) is 3.44. The molecule has 1 aromatic carbocycles. The summed E-state index contributed by atoms with van der Waals surface area (Å²) in [5, 5.41) is 11.5. The van der Waals surface area contributed by atoms with Gasteiger partial charge in [-0.3, -0.25) is 10.1 Å². The Balaban J connectivity index is 1.80. The molecule has 1 aliphatic heterocycles. The molecule has 1 saturated heterocycles. The number of halogens is 1. The number of nitro groups is 1. The minimum absolute atomic E-state index is 0.0808. The second kappa shape index (κ2) is 6.88. The lowest BCUT2D eigenvalue weighted by molar-refractivity contribution is -0.383. The molecule has 2 aromatic rings. The maximum atomic E-state index is 13.1. The summed E-state index contributed by atoms with van der Waals surface area (Å²) in [4.78, 5) is 24.9. The fourth-order valence-corrected chi connectivity index (χ4v) is 2.91. The number of anilines is 3. The van der Waals surface area contributed by atoms with Crippen molar-refractivity contribution < 1.29 is 9.31 Å². The Morgan fingerprint density at radius 1 is 1.08 bits per heavy atom. The standard InChI is InChI=1S/C16H19FN6O2/c1-20(2)15-14(23(24)25)16(19-11-18-15)22-9-7-21(8-10-22)13-5-3-12(17)4-6-13/h3-6,11H,7-10H2,1-2H3. The average Bonchev–Trinajstić information content (AvgIpc) is 2.61. The molecular formula is C16H19FN6O2. The molecular weight excluding hydrogens is 327 g/mol. The van der Waals surface area contributed by atoms with E-state index in [0.717, 1.165) is 5.69 Å². The van der Waals surface area contributed by atoms with Crippen molar-refractivity contribution in [3.05, 3.63) is 46.5 Å². The zero-order valence-electron chi connectivity index (χ0n) is 14.1. The Hall–Kier alpha value is -2.97. The number of rotatable bonds is 4. The maximum absolute atomic E-state index is 13.1. The molecule has 3 rings (SSSR count). The number of nitrogens with zero attached hydrogens (tertiary/aromatic N) is 6. The number of aromatic nitrogens is 2. The summed E-state index contributed by atoms with van der Waals surface area (Å²) >= 11 is 0. The molecule has 0 spiro atoms. The average molecular weight is 346 g/mol. The first-order valence-electron chi connectivity index (χ1n) is 7.89. The monoisotopic (exact) mass is 346 g/mol. The van der Waals surface area contributed by atoms with Gasteiger partial charge in [-0.2, -0.15) is 0 Å². The highest BCUT2D eigenvalue weighted by Crippen LogP contribution is 2.33. The van der Waals surface area contributed by atoms with Crippen LogP contribution in [-0.4, -0.2) is 55.2 Å². The summed E-state index contributed by atoms with van der Waals surface area (Å²) in [7, 11) is 3.43. The van der Waals surface area contributed by atoms with Crippen molar-refractivity contribution in [2.24, 2.45) is 0 Å². The lowest BCUT2D eigenvalue weighted by Crippen LogP contribution is -2.47. The predicted octanol–water partition coefficient (Wildman–Crippen LogP) is 1.92. The number of hydrogen-bond donors (Lipinski definition) is 0. The molecule has 1 aromatic heterocycles. The highest BCUT2D eigenvalue weighted by Gasteiger charge is 2.30. The first-order valence-corrected chi connectivity index (χ1v) is 7.89. The van der Waals surface area contributed by atoms with E-state index in [0.29, 0.717) is 32.0 Å². The zero-order chi connectivity index (χ0) is 18.0. The van der Waals surface area contributed by atoms with Gasteiger partial charge in [0.1, 0.15) is 12.1 Å². The third-order valence-corrected chi connectivity index (χ3v) is 4.16. The van der Waals surface area contributed by atoms with Crippen molar-refractivity contribution >= 4 is 23.0 Å². The molecule has 0 radical (unpaired) electrons. The van der Waals surface area contributed by atoms with Crippen LogP contribution in [0.5, 0.6) is 0 Å². The molecule has 1 aliphatic rings. The van der Waals surface area contributed by atoms with E-state index in [1.807, 2.05) is 4.90 Å². The molecule has 8 nitrogen and oxygen atoms in total. The van der Waals surface area contributed by atoms with Crippen molar-refractivity contribution in [2.75, 3.05) is 55.0 Å². The van der Waals surface area contributed by atoms with E-state index in [1.54, 1.807) is 31.1 Å². The van der Waals surface area contributed by atoms with Gasteiger partial charge < -0.3 is 14.7 Å². The van der Waals surface area contributed by atoms with Gasteiger partial charge in [-0.05, 0) is 24.3 Å².